The minimum absolute atomic E-state index is 0.00836. The maximum Gasteiger partial charge on any atom is 0.291 e. The van der Waals surface area contributed by atoms with E-state index in [0.29, 0.717) is 36.0 Å². The van der Waals surface area contributed by atoms with E-state index in [4.69, 9.17) is 20.8 Å². The van der Waals surface area contributed by atoms with Crippen LogP contribution in [-0.4, -0.2) is 60.9 Å². The Hall–Kier alpha value is -3.29. The zero-order chi connectivity index (χ0) is 22.3. The fourth-order valence-electron chi connectivity index (χ4n) is 3.48. The fourth-order valence-corrected chi connectivity index (χ4v) is 3.60. The largest absolute Gasteiger partial charge is 0.492 e. The van der Waals surface area contributed by atoms with Gasteiger partial charge in [-0.1, -0.05) is 11.6 Å². The van der Waals surface area contributed by atoms with Crippen molar-refractivity contribution in [1.29, 1.82) is 0 Å². The van der Waals surface area contributed by atoms with Gasteiger partial charge in [-0.2, -0.15) is 0 Å². The van der Waals surface area contributed by atoms with Crippen LogP contribution in [0.3, 0.4) is 0 Å². The quantitative estimate of drug-likeness (QED) is 0.584. The van der Waals surface area contributed by atoms with E-state index in [1.165, 1.54) is 6.26 Å². The number of carbonyl (C=O) groups is 2. The summed E-state index contributed by atoms with van der Waals surface area (Å²) in [6.07, 6.45) is 1.45. The molecule has 1 fully saturated rings. The number of hydrogen-bond donors (Lipinski definition) is 1. The Labute approximate surface area is 191 Å². The van der Waals surface area contributed by atoms with Gasteiger partial charge in [0, 0.05) is 49.0 Å². The van der Waals surface area contributed by atoms with E-state index in [9.17, 15) is 9.59 Å². The molecule has 1 aliphatic heterocycles. The number of ether oxygens (including phenoxy) is 1. The molecule has 1 saturated heterocycles. The van der Waals surface area contributed by atoms with Gasteiger partial charge in [0.1, 0.15) is 12.4 Å². The summed E-state index contributed by atoms with van der Waals surface area (Å²) in [6, 6.07) is 17.5. The van der Waals surface area contributed by atoms with Crippen LogP contribution in [-0.2, 0) is 0 Å². The molecule has 0 unspecified atom stereocenters. The average Bonchev–Trinajstić information content (AvgIpc) is 3.36. The molecule has 1 aromatic heterocycles. The second-order valence-electron chi connectivity index (χ2n) is 7.44. The van der Waals surface area contributed by atoms with Crippen LogP contribution in [0.4, 0.5) is 5.69 Å². The Balaban J connectivity index is 1.21. The third-order valence-corrected chi connectivity index (χ3v) is 5.54. The molecule has 0 radical (unpaired) electrons. The van der Waals surface area contributed by atoms with Gasteiger partial charge >= 0.3 is 0 Å². The highest BCUT2D eigenvalue weighted by Gasteiger charge is 2.22. The number of hydrogen-bond acceptors (Lipinski definition) is 5. The van der Waals surface area contributed by atoms with Crippen molar-refractivity contribution in [2.24, 2.45) is 0 Å². The standard InChI is InChI=1S/C24H24ClN3O4/c25-19-5-9-21(10-6-19)31-17-15-27-11-13-28(14-12-27)24(30)18-3-7-20(8-4-18)26-23(29)22-2-1-16-32-22/h1-10,16H,11-15,17H2,(H,26,29). The summed E-state index contributed by atoms with van der Waals surface area (Å²) in [5.41, 5.74) is 1.20. The molecule has 0 bridgehead atoms. The molecule has 0 spiro atoms. The summed E-state index contributed by atoms with van der Waals surface area (Å²) >= 11 is 5.88. The van der Waals surface area contributed by atoms with Gasteiger partial charge in [-0.15, -0.1) is 0 Å². The fraction of sp³-hybridized carbons (Fsp3) is 0.250. The van der Waals surface area contributed by atoms with Crippen LogP contribution < -0.4 is 10.1 Å². The number of carbonyl (C=O) groups excluding carboxylic acids is 2. The molecular weight excluding hydrogens is 430 g/mol. The minimum atomic E-state index is -0.328. The molecule has 1 N–H and O–H groups in total. The molecule has 166 valence electrons. The molecule has 3 aromatic rings. The van der Waals surface area contributed by atoms with Crippen molar-refractivity contribution < 1.29 is 18.7 Å². The molecular formula is C24H24ClN3O4. The summed E-state index contributed by atoms with van der Waals surface area (Å²) in [5.74, 6) is 0.699. The maximum atomic E-state index is 12.8. The van der Waals surface area contributed by atoms with Crippen molar-refractivity contribution in [1.82, 2.24) is 9.80 Å². The number of rotatable bonds is 7. The normalized spacial score (nSPS) is 14.2. The number of benzene rings is 2. The van der Waals surface area contributed by atoms with Crippen LogP contribution in [0.15, 0.2) is 71.3 Å². The predicted molar refractivity (Wildman–Crippen MR) is 122 cm³/mol. The first-order chi connectivity index (χ1) is 15.6. The zero-order valence-corrected chi connectivity index (χ0v) is 18.3. The van der Waals surface area contributed by atoms with Crippen LogP contribution in [0.5, 0.6) is 5.75 Å². The molecule has 2 amide bonds. The second kappa shape index (κ2) is 10.3. The van der Waals surface area contributed by atoms with Crippen molar-refractivity contribution in [2.75, 3.05) is 44.6 Å². The Morgan fingerprint density at radius 3 is 2.34 bits per heavy atom. The van der Waals surface area contributed by atoms with Gasteiger partial charge in [-0.05, 0) is 60.7 Å². The Kier molecular flexibility index (Phi) is 7.09. The van der Waals surface area contributed by atoms with Gasteiger partial charge in [-0.3, -0.25) is 14.5 Å². The van der Waals surface area contributed by atoms with Gasteiger partial charge in [0.05, 0.1) is 6.26 Å². The van der Waals surface area contributed by atoms with Crippen LogP contribution >= 0.6 is 11.6 Å². The zero-order valence-electron chi connectivity index (χ0n) is 17.5. The molecule has 4 rings (SSSR count). The highest BCUT2D eigenvalue weighted by Crippen LogP contribution is 2.16. The molecule has 7 nitrogen and oxygen atoms in total. The molecule has 2 aromatic carbocycles. The molecule has 0 saturated carbocycles. The van der Waals surface area contributed by atoms with Crippen molar-refractivity contribution in [3.05, 3.63) is 83.3 Å². The smallest absolute Gasteiger partial charge is 0.291 e. The van der Waals surface area contributed by atoms with Gasteiger partial charge in [0.25, 0.3) is 11.8 Å². The lowest BCUT2D eigenvalue weighted by atomic mass is 10.1. The number of nitrogens with zero attached hydrogens (tertiary/aromatic N) is 2. The molecule has 32 heavy (non-hydrogen) atoms. The second-order valence-corrected chi connectivity index (χ2v) is 7.88. The lowest BCUT2D eigenvalue weighted by Crippen LogP contribution is -2.49. The average molecular weight is 454 g/mol. The summed E-state index contributed by atoms with van der Waals surface area (Å²) in [7, 11) is 0. The Bertz CT molecular complexity index is 1030. The van der Waals surface area contributed by atoms with E-state index >= 15 is 0 Å². The van der Waals surface area contributed by atoms with Crippen molar-refractivity contribution in [3.8, 4) is 5.75 Å². The van der Waals surface area contributed by atoms with E-state index in [-0.39, 0.29) is 17.6 Å². The lowest BCUT2D eigenvalue weighted by Gasteiger charge is -2.34. The number of furan rings is 1. The Morgan fingerprint density at radius 2 is 1.69 bits per heavy atom. The highest BCUT2D eigenvalue weighted by molar-refractivity contribution is 6.30. The van der Waals surface area contributed by atoms with E-state index in [1.54, 1.807) is 48.5 Å². The summed E-state index contributed by atoms with van der Waals surface area (Å²) < 4.78 is 10.8. The predicted octanol–water partition coefficient (Wildman–Crippen LogP) is 4.02. The molecule has 0 atom stereocenters. The maximum absolute atomic E-state index is 12.8. The summed E-state index contributed by atoms with van der Waals surface area (Å²) in [6.45, 7) is 4.31. The number of anilines is 1. The first-order valence-corrected chi connectivity index (χ1v) is 10.8. The number of halogens is 1. The van der Waals surface area contributed by atoms with Crippen LogP contribution in [0.2, 0.25) is 5.02 Å². The monoisotopic (exact) mass is 453 g/mol. The number of nitrogens with one attached hydrogen (secondary N) is 1. The SMILES string of the molecule is O=C(Nc1ccc(C(=O)N2CCN(CCOc3ccc(Cl)cc3)CC2)cc1)c1ccco1. The lowest BCUT2D eigenvalue weighted by molar-refractivity contribution is 0.0620. The van der Waals surface area contributed by atoms with Crippen LogP contribution in [0.25, 0.3) is 0 Å². The Morgan fingerprint density at radius 1 is 0.969 bits per heavy atom. The highest BCUT2D eigenvalue weighted by atomic mass is 35.5. The molecule has 8 heteroatoms. The van der Waals surface area contributed by atoms with Crippen molar-refractivity contribution >= 4 is 29.1 Å². The number of amides is 2. The summed E-state index contributed by atoms with van der Waals surface area (Å²) in [4.78, 5) is 29.0. The minimum Gasteiger partial charge on any atom is -0.492 e. The summed E-state index contributed by atoms with van der Waals surface area (Å²) in [5, 5.41) is 3.43. The van der Waals surface area contributed by atoms with Gasteiger partial charge in [-0.25, -0.2) is 0 Å². The van der Waals surface area contributed by atoms with Crippen molar-refractivity contribution in [2.45, 2.75) is 0 Å². The van der Waals surface area contributed by atoms with E-state index < -0.39 is 0 Å². The van der Waals surface area contributed by atoms with E-state index in [2.05, 4.69) is 10.2 Å². The van der Waals surface area contributed by atoms with Crippen molar-refractivity contribution in [3.63, 3.8) is 0 Å². The molecule has 2 heterocycles. The van der Waals surface area contributed by atoms with Gasteiger partial charge < -0.3 is 19.4 Å². The third-order valence-electron chi connectivity index (χ3n) is 5.28. The molecule has 0 aliphatic carbocycles. The van der Waals surface area contributed by atoms with Crippen LogP contribution in [0.1, 0.15) is 20.9 Å². The van der Waals surface area contributed by atoms with Crippen LogP contribution in [0, 0.1) is 0 Å². The topological polar surface area (TPSA) is 75.0 Å². The first kappa shape index (κ1) is 21.9. The van der Waals surface area contributed by atoms with E-state index in [1.807, 2.05) is 17.0 Å². The third kappa shape index (κ3) is 5.69. The van der Waals surface area contributed by atoms with Gasteiger partial charge in [0.2, 0.25) is 0 Å². The molecule has 1 aliphatic rings. The first-order valence-electron chi connectivity index (χ1n) is 10.4. The number of piperazine rings is 1. The van der Waals surface area contributed by atoms with E-state index in [0.717, 1.165) is 25.4 Å². The van der Waals surface area contributed by atoms with Gasteiger partial charge in [0.15, 0.2) is 5.76 Å².